The second-order valence-corrected chi connectivity index (χ2v) is 4.23. The van der Waals surface area contributed by atoms with Gasteiger partial charge in [-0.3, -0.25) is 0 Å². The van der Waals surface area contributed by atoms with Crippen LogP contribution in [0.4, 0.5) is 0 Å². The maximum absolute atomic E-state index is 5.62. The molecule has 0 saturated heterocycles. The summed E-state index contributed by atoms with van der Waals surface area (Å²) in [6, 6.07) is 4.06. The Kier molecular flexibility index (Phi) is 6.63. The van der Waals surface area contributed by atoms with Crippen molar-refractivity contribution in [1.82, 2.24) is 10.3 Å². The summed E-state index contributed by atoms with van der Waals surface area (Å²) in [5.74, 6) is 0.749. The second-order valence-electron chi connectivity index (χ2n) is 4.23. The van der Waals surface area contributed by atoms with Crippen molar-refractivity contribution in [2.45, 2.75) is 46.6 Å². The van der Waals surface area contributed by atoms with E-state index in [1.807, 2.05) is 13.0 Å². The first-order chi connectivity index (χ1) is 8.27. The molecule has 0 spiro atoms. The van der Waals surface area contributed by atoms with Gasteiger partial charge in [-0.05, 0) is 25.5 Å². The van der Waals surface area contributed by atoms with Crippen LogP contribution in [-0.2, 0) is 6.54 Å². The molecule has 96 valence electrons. The standard InChI is InChI=1S/C14H24N2O/c1-4-6-7-10-17-14-9-8-13(11-15-5-2)12(3)16-14/h8-9,15H,4-7,10-11H2,1-3H3. The highest BCUT2D eigenvalue weighted by Crippen LogP contribution is 2.12. The van der Waals surface area contributed by atoms with Crippen molar-refractivity contribution in [2.75, 3.05) is 13.2 Å². The summed E-state index contributed by atoms with van der Waals surface area (Å²) in [7, 11) is 0. The van der Waals surface area contributed by atoms with E-state index in [1.54, 1.807) is 0 Å². The molecule has 17 heavy (non-hydrogen) atoms. The fraction of sp³-hybridized carbons (Fsp3) is 0.643. The van der Waals surface area contributed by atoms with Gasteiger partial charge in [0.25, 0.3) is 0 Å². The van der Waals surface area contributed by atoms with Gasteiger partial charge in [0.2, 0.25) is 5.88 Å². The van der Waals surface area contributed by atoms with Gasteiger partial charge in [0, 0.05) is 18.3 Å². The summed E-state index contributed by atoms with van der Waals surface area (Å²) in [4.78, 5) is 4.46. The number of nitrogens with zero attached hydrogens (tertiary/aromatic N) is 1. The Morgan fingerprint density at radius 3 is 2.71 bits per heavy atom. The zero-order valence-corrected chi connectivity index (χ0v) is 11.3. The number of aromatic nitrogens is 1. The van der Waals surface area contributed by atoms with E-state index < -0.39 is 0 Å². The first-order valence-corrected chi connectivity index (χ1v) is 6.58. The average molecular weight is 236 g/mol. The molecule has 0 amide bonds. The maximum Gasteiger partial charge on any atom is 0.213 e. The Morgan fingerprint density at radius 1 is 1.24 bits per heavy atom. The number of unbranched alkanes of at least 4 members (excludes halogenated alkanes) is 2. The van der Waals surface area contributed by atoms with Gasteiger partial charge in [0.1, 0.15) is 0 Å². The second kappa shape index (κ2) is 8.07. The lowest BCUT2D eigenvalue weighted by molar-refractivity contribution is 0.294. The smallest absolute Gasteiger partial charge is 0.213 e. The molecule has 0 radical (unpaired) electrons. The van der Waals surface area contributed by atoms with Crippen LogP contribution in [-0.4, -0.2) is 18.1 Å². The number of hydrogen-bond donors (Lipinski definition) is 1. The van der Waals surface area contributed by atoms with Crippen LogP contribution in [0.5, 0.6) is 5.88 Å². The van der Waals surface area contributed by atoms with Crippen molar-refractivity contribution < 1.29 is 4.74 Å². The van der Waals surface area contributed by atoms with E-state index in [0.717, 1.165) is 37.7 Å². The maximum atomic E-state index is 5.62. The topological polar surface area (TPSA) is 34.1 Å². The molecule has 1 aromatic rings. The molecular formula is C14H24N2O. The summed E-state index contributed by atoms with van der Waals surface area (Å²) in [6.07, 6.45) is 3.55. The van der Waals surface area contributed by atoms with E-state index in [9.17, 15) is 0 Å². The zero-order chi connectivity index (χ0) is 12.5. The van der Waals surface area contributed by atoms with E-state index in [1.165, 1.54) is 18.4 Å². The van der Waals surface area contributed by atoms with E-state index >= 15 is 0 Å². The van der Waals surface area contributed by atoms with Gasteiger partial charge in [-0.15, -0.1) is 0 Å². The monoisotopic (exact) mass is 236 g/mol. The summed E-state index contributed by atoms with van der Waals surface area (Å²) in [5, 5.41) is 3.30. The lowest BCUT2D eigenvalue weighted by Gasteiger charge is -2.09. The minimum atomic E-state index is 0.749. The van der Waals surface area contributed by atoms with Crippen LogP contribution in [0, 0.1) is 6.92 Å². The lowest BCUT2D eigenvalue weighted by atomic mass is 10.2. The van der Waals surface area contributed by atoms with Gasteiger partial charge in [0.05, 0.1) is 6.61 Å². The predicted octanol–water partition coefficient (Wildman–Crippen LogP) is 3.07. The van der Waals surface area contributed by atoms with Gasteiger partial charge < -0.3 is 10.1 Å². The third-order valence-electron chi connectivity index (χ3n) is 2.73. The third kappa shape index (κ3) is 5.18. The molecule has 1 rings (SSSR count). The molecule has 0 bridgehead atoms. The molecule has 0 aliphatic rings. The Hall–Kier alpha value is -1.09. The van der Waals surface area contributed by atoms with Crippen LogP contribution in [0.3, 0.4) is 0 Å². The molecule has 0 fully saturated rings. The molecule has 3 nitrogen and oxygen atoms in total. The zero-order valence-electron chi connectivity index (χ0n) is 11.3. The van der Waals surface area contributed by atoms with Gasteiger partial charge in [-0.1, -0.05) is 32.8 Å². The lowest BCUT2D eigenvalue weighted by Crippen LogP contribution is -2.13. The molecule has 1 N–H and O–H groups in total. The van der Waals surface area contributed by atoms with Gasteiger partial charge in [-0.25, -0.2) is 4.98 Å². The fourth-order valence-corrected chi connectivity index (χ4v) is 1.62. The van der Waals surface area contributed by atoms with Crippen LogP contribution < -0.4 is 10.1 Å². The van der Waals surface area contributed by atoms with E-state index in [2.05, 4.69) is 30.2 Å². The summed E-state index contributed by atoms with van der Waals surface area (Å²) >= 11 is 0. The minimum Gasteiger partial charge on any atom is -0.478 e. The van der Waals surface area contributed by atoms with Crippen LogP contribution in [0.15, 0.2) is 12.1 Å². The Balaban J connectivity index is 2.44. The minimum absolute atomic E-state index is 0.749. The number of hydrogen-bond acceptors (Lipinski definition) is 3. The molecular weight excluding hydrogens is 212 g/mol. The highest BCUT2D eigenvalue weighted by molar-refractivity contribution is 5.24. The van der Waals surface area contributed by atoms with Gasteiger partial charge >= 0.3 is 0 Å². The molecule has 0 aliphatic heterocycles. The SMILES string of the molecule is CCCCCOc1ccc(CNCC)c(C)n1. The predicted molar refractivity (Wildman–Crippen MR) is 71.4 cm³/mol. The molecule has 0 aromatic carbocycles. The number of rotatable bonds is 8. The molecule has 0 aliphatic carbocycles. The quantitative estimate of drug-likeness (QED) is 0.704. The fourth-order valence-electron chi connectivity index (χ4n) is 1.62. The molecule has 3 heteroatoms. The third-order valence-corrected chi connectivity index (χ3v) is 2.73. The largest absolute Gasteiger partial charge is 0.478 e. The van der Waals surface area contributed by atoms with Crippen molar-refractivity contribution in [3.63, 3.8) is 0 Å². The van der Waals surface area contributed by atoms with Crippen LogP contribution in [0.2, 0.25) is 0 Å². The first kappa shape index (κ1) is 14.0. The van der Waals surface area contributed by atoms with E-state index in [4.69, 9.17) is 4.74 Å². The van der Waals surface area contributed by atoms with E-state index in [-0.39, 0.29) is 0 Å². The number of ether oxygens (including phenoxy) is 1. The van der Waals surface area contributed by atoms with Crippen molar-refractivity contribution in [3.05, 3.63) is 23.4 Å². The van der Waals surface area contributed by atoms with E-state index in [0.29, 0.717) is 0 Å². The summed E-state index contributed by atoms with van der Waals surface area (Å²) < 4.78 is 5.62. The molecule has 0 atom stereocenters. The number of aryl methyl sites for hydroxylation is 1. The Morgan fingerprint density at radius 2 is 2.06 bits per heavy atom. The Bertz CT molecular complexity index is 326. The van der Waals surface area contributed by atoms with Gasteiger partial charge in [-0.2, -0.15) is 0 Å². The summed E-state index contributed by atoms with van der Waals surface area (Å²) in [5.41, 5.74) is 2.30. The number of nitrogens with one attached hydrogen (secondary N) is 1. The molecule has 1 heterocycles. The van der Waals surface area contributed by atoms with Crippen molar-refractivity contribution in [3.8, 4) is 5.88 Å². The number of pyridine rings is 1. The van der Waals surface area contributed by atoms with Gasteiger partial charge in [0.15, 0.2) is 0 Å². The molecule has 0 unspecified atom stereocenters. The Labute approximate surface area is 105 Å². The summed E-state index contributed by atoms with van der Waals surface area (Å²) in [6.45, 7) is 8.96. The highest BCUT2D eigenvalue weighted by atomic mass is 16.5. The molecule has 0 saturated carbocycles. The van der Waals surface area contributed by atoms with Crippen LogP contribution in [0.25, 0.3) is 0 Å². The van der Waals surface area contributed by atoms with Crippen LogP contribution >= 0.6 is 0 Å². The van der Waals surface area contributed by atoms with Crippen molar-refractivity contribution in [2.24, 2.45) is 0 Å². The first-order valence-electron chi connectivity index (χ1n) is 6.58. The van der Waals surface area contributed by atoms with Crippen molar-refractivity contribution in [1.29, 1.82) is 0 Å². The highest BCUT2D eigenvalue weighted by Gasteiger charge is 2.02. The molecule has 1 aromatic heterocycles. The normalized spacial score (nSPS) is 10.5. The average Bonchev–Trinajstić information content (AvgIpc) is 2.34. The van der Waals surface area contributed by atoms with Crippen LogP contribution in [0.1, 0.15) is 44.4 Å². The van der Waals surface area contributed by atoms with Crippen molar-refractivity contribution >= 4 is 0 Å².